The summed E-state index contributed by atoms with van der Waals surface area (Å²) in [6, 6.07) is 0. The number of unbranched alkanes of at least 4 members (excludes halogenated alkanes) is 7. The summed E-state index contributed by atoms with van der Waals surface area (Å²) in [5, 5.41) is -0.0861. The van der Waals surface area contributed by atoms with Gasteiger partial charge in [0.15, 0.2) is 0 Å². The quantitative estimate of drug-likeness (QED) is 0.339. The smallest absolute Gasteiger partial charge is 0.330 e. The SMILES string of the molecule is CCCCCCCCCCSC(C)C(=O)OS. The van der Waals surface area contributed by atoms with Crippen LogP contribution in [0.2, 0.25) is 0 Å². The van der Waals surface area contributed by atoms with Gasteiger partial charge in [0, 0.05) is 12.9 Å². The third-order valence-corrected chi connectivity index (χ3v) is 4.18. The Kier molecular flexibility index (Phi) is 12.7. The van der Waals surface area contributed by atoms with Gasteiger partial charge in [-0.2, -0.15) is 0 Å². The fourth-order valence-corrected chi connectivity index (χ4v) is 2.78. The molecule has 0 saturated carbocycles. The van der Waals surface area contributed by atoms with Crippen LogP contribution in [0.15, 0.2) is 0 Å². The van der Waals surface area contributed by atoms with Gasteiger partial charge in [0.2, 0.25) is 0 Å². The van der Waals surface area contributed by atoms with Crippen molar-refractivity contribution >= 4 is 30.6 Å². The molecule has 102 valence electrons. The summed E-state index contributed by atoms with van der Waals surface area (Å²) >= 11 is 5.17. The maximum absolute atomic E-state index is 11.1. The van der Waals surface area contributed by atoms with E-state index in [9.17, 15) is 4.79 Å². The molecule has 1 unspecified atom stereocenters. The third kappa shape index (κ3) is 11.0. The van der Waals surface area contributed by atoms with E-state index in [1.807, 2.05) is 6.92 Å². The van der Waals surface area contributed by atoms with E-state index in [0.717, 1.165) is 5.75 Å². The van der Waals surface area contributed by atoms with Crippen LogP contribution in [0.25, 0.3) is 0 Å². The Morgan fingerprint density at radius 3 is 2.18 bits per heavy atom. The molecule has 0 radical (unpaired) electrons. The molecule has 0 aliphatic rings. The van der Waals surface area contributed by atoms with Crippen LogP contribution in [-0.2, 0) is 8.98 Å². The molecule has 0 spiro atoms. The molecule has 0 aromatic rings. The molecular weight excluding hydrogens is 252 g/mol. The Hall–Kier alpha value is 0.170. The first-order valence-corrected chi connectivity index (χ1v) is 8.10. The first-order valence-electron chi connectivity index (χ1n) is 6.69. The maximum atomic E-state index is 11.1. The van der Waals surface area contributed by atoms with E-state index in [4.69, 9.17) is 0 Å². The molecule has 0 N–H and O–H groups in total. The molecule has 4 heteroatoms. The maximum Gasteiger partial charge on any atom is 0.330 e. The second kappa shape index (κ2) is 12.6. The highest BCUT2D eigenvalue weighted by molar-refractivity contribution is 8.00. The number of carbonyl (C=O) groups is 1. The van der Waals surface area contributed by atoms with E-state index in [1.54, 1.807) is 11.8 Å². The minimum Gasteiger partial charge on any atom is -0.394 e. The van der Waals surface area contributed by atoms with Crippen LogP contribution in [0.3, 0.4) is 0 Å². The Labute approximate surface area is 116 Å². The van der Waals surface area contributed by atoms with Crippen LogP contribution in [0.1, 0.15) is 65.2 Å². The lowest BCUT2D eigenvalue weighted by molar-refractivity contribution is -0.131. The Morgan fingerprint density at radius 2 is 1.65 bits per heavy atom. The number of thiol groups is 1. The summed E-state index contributed by atoms with van der Waals surface area (Å²) in [7, 11) is 0. The molecule has 0 amide bonds. The Morgan fingerprint density at radius 1 is 1.12 bits per heavy atom. The molecule has 0 heterocycles. The topological polar surface area (TPSA) is 26.3 Å². The minimum atomic E-state index is -0.238. The summed E-state index contributed by atoms with van der Waals surface area (Å²) in [4.78, 5) is 11.1. The number of rotatable bonds is 11. The van der Waals surface area contributed by atoms with Crippen molar-refractivity contribution in [1.29, 1.82) is 0 Å². The molecular formula is C13H26O2S2. The predicted octanol–water partition coefficient (Wildman–Crippen LogP) is 4.64. The zero-order valence-electron chi connectivity index (χ0n) is 11.1. The van der Waals surface area contributed by atoms with Crippen LogP contribution in [0.4, 0.5) is 0 Å². The highest BCUT2D eigenvalue weighted by Gasteiger charge is 2.12. The van der Waals surface area contributed by atoms with Gasteiger partial charge in [-0.15, -0.1) is 11.8 Å². The molecule has 0 bridgehead atoms. The summed E-state index contributed by atoms with van der Waals surface area (Å²) in [6.45, 7) is 4.11. The Balaban J connectivity index is 3.15. The van der Waals surface area contributed by atoms with Crippen molar-refractivity contribution in [2.45, 2.75) is 70.5 Å². The van der Waals surface area contributed by atoms with Gasteiger partial charge in [0.25, 0.3) is 0 Å². The van der Waals surface area contributed by atoms with E-state index < -0.39 is 0 Å². The highest BCUT2D eigenvalue weighted by atomic mass is 32.2. The van der Waals surface area contributed by atoms with Gasteiger partial charge in [0.05, 0.1) is 0 Å². The van der Waals surface area contributed by atoms with Gasteiger partial charge in [-0.3, -0.25) is 0 Å². The fraction of sp³-hybridized carbons (Fsp3) is 0.923. The van der Waals surface area contributed by atoms with Gasteiger partial charge in [-0.05, 0) is 19.1 Å². The second-order valence-electron chi connectivity index (χ2n) is 4.40. The molecule has 0 saturated heterocycles. The van der Waals surface area contributed by atoms with Gasteiger partial charge in [0.1, 0.15) is 5.25 Å². The standard InChI is InChI=1S/C13H26O2S2/c1-3-4-5-6-7-8-9-10-11-17-12(2)13(14)15-16/h12,16H,3-11H2,1-2H3. The van der Waals surface area contributed by atoms with Crippen molar-refractivity contribution in [3.63, 3.8) is 0 Å². The summed E-state index contributed by atoms with van der Waals surface area (Å²) < 4.78 is 4.38. The van der Waals surface area contributed by atoms with Gasteiger partial charge in [-0.25, -0.2) is 4.79 Å². The first-order chi connectivity index (χ1) is 8.22. The van der Waals surface area contributed by atoms with Crippen molar-refractivity contribution in [2.24, 2.45) is 0 Å². The molecule has 2 nitrogen and oxygen atoms in total. The van der Waals surface area contributed by atoms with Crippen molar-refractivity contribution in [1.82, 2.24) is 0 Å². The van der Waals surface area contributed by atoms with Crippen molar-refractivity contribution < 1.29 is 8.98 Å². The van der Waals surface area contributed by atoms with Crippen LogP contribution in [0, 0.1) is 0 Å². The largest absolute Gasteiger partial charge is 0.394 e. The van der Waals surface area contributed by atoms with Crippen LogP contribution < -0.4 is 0 Å². The van der Waals surface area contributed by atoms with Crippen molar-refractivity contribution in [3.8, 4) is 0 Å². The molecule has 0 aliphatic carbocycles. The molecule has 1 atom stereocenters. The van der Waals surface area contributed by atoms with E-state index in [0.29, 0.717) is 0 Å². The van der Waals surface area contributed by atoms with Gasteiger partial charge < -0.3 is 4.18 Å². The number of thioether (sulfide) groups is 1. The van der Waals surface area contributed by atoms with E-state index in [2.05, 4.69) is 24.0 Å². The monoisotopic (exact) mass is 278 g/mol. The summed E-state index contributed by atoms with van der Waals surface area (Å²) in [6.07, 6.45) is 10.6. The molecule has 0 rings (SSSR count). The second-order valence-corrected chi connectivity index (χ2v) is 6.03. The number of hydrogen-bond donors (Lipinski definition) is 1. The summed E-state index contributed by atoms with van der Waals surface area (Å²) in [5.74, 6) is 0.803. The first kappa shape index (κ1) is 17.2. The molecule has 0 aliphatic heterocycles. The fourth-order valence-electron chi connectivity index (χ4n) is 1.64. The molecule has 17 heavy (non-hydrogen) atoms. The summed E-state index contributed by atoms with van der Waals surface area (Å²) in [5.41, 5.74) is 0. The van der Waals surface area contributed by atoms with Crippen LogP contribution in [-0.4, -0.2) is 17.0 Å². The average molecular weight is 278 g/mol. The Bertz CT molecular complexity index is 186. The zero-order valence-corrected chi connectivity index (χ0v) is 12.8. The van der Waals surface area contributed by atoms with Gasteiger partial charge >= 0.3 is 5.97 Å². The molecule has 0 aromatic heterocycles. The number of hydrogen-bond acceptors (Lipinski definition) is 4. The lowest BCUT2D eigenvalue weighted by Gasteiger charge is -2.07. The third-order valence-electron chi connectivity index (χ3n) is 2.79. The predicted molar refractivity (Wildman–Crippen MR) is 79.6 cm³/mol. The normalized spacial score (nSPS) is 12.4. The van der Waals surface area contributed by atoms with Crippen LogP contribution >= 0.6 is 24.7 Å². The zero-order chi connectivity index (χ0) is 12.9. The van der Waals surface area contributed by atoms with E-state index in [1.165, 1.54) is 51.4 Å². The molecule has 0 aromatic carbocycles. The average Bonchev–Trinajstić information content (AvgIpc) is 2.35. The van der Waals surface area contributed by atoms with Gasteiger partial charge in [-0.1, -0.05) is 51.9 Å². The number of carbonyl (C=O) groups excluding carboxylic acids is 1. The van der Waals surface area contributed by atoms with E-state index in [-0.39, 0.29) is 11.2 Å². The van der Waals surface area contributed by atoms with E-state index >= 15 is 0 Å². The minimum absolute atomic E-state index is 0.0861. The highest BCUT2D eigenvalue weighted by Crippen LogP contribution is 2.16. The van der Waals surface area contributed by atoms with Crippen LogP contribution in [0.5, 0.6) is 0 Å². The lowest BCUT2D eigenvalue weighted by Crippen LogP contribution is -2.13. The van der Waals surface area contributed by atoms with Crippen molar-refractivity contribution in [3.05, 3.63) is 0 Å². The molecule has 0 fully saturated rings. The van der Waals surface area contributed by atoms with Crippen molar-refractivity contribution in [2.75, 3.05) is 5.75 Å². The lowest BCUT2D eigenvalue weighted by atomic mass is 10.1.